The van der Waals surface area contributed by atoms with Crippen molar-refractivity contribution in [1.29, 1.82) is 0 Å². The summed E-state index contributed by atoms with van der Waals surface area (Å²) in [6.45, 7) is 1.58. The number of fused-ring (bicyclic) bond motifs is 2. The van der Waals surface area contributed by atoms with Crippen molar-refractivity contribution in [3.63, 3.8) is 0 Å². The number of rotatable bonds is 6. The molecule has 0 bridgehead atoms. The monoisotopic (exact) mass is 442 g/mol. The molecule has 0 fully saturated rings. The minimum Gasteiger partial charge on any atom is -0.352 e. The van der Waals surface area contributed by atoms with E-state index in [1.165, 1.54) is 24.3 Å². The molecular weight excluding hydrogens is 419 g/mol. The minimum absolute atomic E-state index is 0.0265. The predicted molar refractivity (Wildman–Crippen MR) is 124 cm³/mol. The molecule has 0 radical (unpaired) electrons. The second-order valence-corrected chi connectivity index (χ2v) is 8.13. The third kappa shape index (κ3) is 4.35. The number of amides is 2. The zero-order valence-electron chi connectivity index (χ0n) is 18.0. The Hall–Kier alpha value is -4.00. The number of imidazole rings is 1. The Balaban J connectivity index is 1.18. The van der Waals surface area contributed by atoms with Crippen molar-refractivity contribution < 1.29 is 14.0 Å². The lowest BCUT2D eigenvalue weighted by Gasteiger charge is -2.18. The van der Waals surface area contributed by atoms with Crippen LogP contribution in [0.25, 0.3) is 11.0 Å². The fraction of sp³-hybridized carbons (Fsp3) is 0.192. The van der Waals surface area contributed by atoms with Crippen molar-refractivity contribution in [2.24, 2.45) is 0 Å². The summed E-state index contributed by atoms with van der Waals surface area (Å²) in [6.07, 6.45) is 2.88. The van der Waals surface area contributed by atoms with Crippen molar-refractivity contribution in [3.05, 3.63) is 95.6 Å². The van der Waals surface area contributed by atoms with Gasteiger partial charge in [0.1, 0.15) is 5.82 Å². The number of carbonyl (C=O) groups excluding carboxylic acids is 2. The summed E-state index contributed by atoms with van der Waals surface area (Å²) >= 11 is 0. The lowest BCUT2D eigenvalue weighted by molar-refractivity contribution is -0.121. The molecule has 1 N–H and O–H groups in total. The molecular formula is C26H23FN4O2. The molecule has 0 unspecified atom stereocenters. The van der Waals surface area contributed by atoms with Crippen LogP contribution in [0.5, 0.6) is 0 Å². The molecule has 5 rings (SSSR count). The third-order valence-corrected chi connectivity index (χ3v) is 5.97. The molecule has 0 spiro atoms. The first-order valence-electron chi connectivity index (χ1n) is 10.9. The highest BCUT2D eigenvalue weighted by atomic mass is 19.1. The maximum absolute atomic E-state index is 13.2. The van der Waals surface area contributed by atoms with E-state index >= 15 is 0 Å². The third-order valence-electron chi connectivity index (χ3n) is 5.97. The Morgan fingerprint density at radius 2 is 1.85 bits per heavy atom. The van der Waals surface area contributed by atoms with Crippen LogP contribution in [0, 0.1) is 5.82 Å². The van der Waals surface area contributed by atoms with E-state index in [1.54, 1.807) is 11.2 Å². The highest BCUT2D eigenvalue weighted by molar-refractivity contribution is 6.07. The predicted octanol–water partition coefficient (Wildman–Crippen LogP) is 4.08. The van der Waals surface area contributed by atoms with Crippen LogP contribution in [0.2, 0.25) is 0 Å². The van der Waals surface area contributed by atoms with Gasteiger partial charge in [-0.3, -0.25) is 9.59 Å². The first-order chi connectivity index (χ1) is 16.1. The largest absolute Gasteiger partial charge is 0.352 e. The quantitative estimate of drug-likeness (QED) is 0.489. The lowest BCUT2D eigenvalue weighted by Crippen LogP contribution is -2.28. The second-order valence-electron chi connectivity index (χ2n) is 8.13. The molecule has 33 heavy (non-hydrogen) atoms. The second kappa shape index (κ2) is 8.86. The molecule has 2 amide bonds. The van der Waals surface area contributed by atoms with Crippen LogP contribution in [0.15, 0.2) is 73.1 Å². The highest BCUT2D eigenvalue weighted by Gasteiger charge is 2.25. The molecule has 1 aromatic heterocycles. The summed E-state index contributed by atoms with van der Waals surface area (Å²) in [5.41, 5.74) is 5.33. The summed E-state index contributed by atoms with van der Waals surface area (Å²) < 4.78 is 15.1. The number of halogens is 1. The van der Waals surface area contributed by atoms with Crippen molar-refractivity contribution in [3.8, 4) is 0 Å². The molecule has 1 aliphatic rings. The van der Waals surface area contributed by atoms with Crippen molar-refractivity contribution in [1.82, 2.24) is 14.9 Å². The minimum atomic E-state index is -0.363. The molecule has 166 valence electrons. The van der Waals surface area contributed by atoms with Gasteiger partial charge in [0, 0.05) is 37.3 Å². The molecule has 0 atom stereocenters. The average Bonchev–Trinajstić information content (AvgIpc) is 3.45. The number of hydrogen-bond donors (Lipinski definition) is 1. The number of nitrogens with zero attached hydrogens (tertiary/aromatic N) is 3. The maximum Gasteiger partial charge on any atom is 0.258 e. The van der Waals surface area contributed by atoms with Crippen LogP contribution < -0.4 is 10.2 Å². The number of aryl methyl sites for hydroxylation is 1. The Morgan fingerprint density at radius 1 is 1.03 bits per heavy atom. The molecule has 0 saturated heterocycles. The van der Waals surface area contributed by atoms with Crippen LogP contribution >= 0.6 is 0 Å². The van der Waals surface area contributed by atoms with Crippen LogP contribution in [0.1, 0.15) is 27.9 Å². The number of nitrogens with one attached hydrogen (secondary N) is 1. The van der Waals surface area contributed by atoms with Gasteiger partial charge in [0.15, 0.2) is 0 Å². The summed E-state index contributed by atoms with van der Waals surface area (Å²) in [7, 11) is 0. The van der Waals surface area contributed by atoms with Gasteiger partial charge in [-0.1, -0.05) is 24.3 Å². The lowest BCUT2D eigenvalue weighted by atomic mass is 10.1. The molecule has 0 saturated carbocycles. The molecule has 6 nitrogen and oxygen atoms in total. The first kappa shape index (κ1) is 20.9. The van der Waals surface area contributed by atoms with Crippen LogP contribution in [0.4, 0.5) is 10.1 Å². The number of para-hydroxylation sites is 2. The van der Waals surface area contributed by atoms with E-state index in [-0.39, 0.29) is 17.6 Å². The van der Waals surface area contributed by atoms with E-state index in [4.69, 9.17) is 0 Å². The SMILES string of the molecule is O=C(CCn1cnc2ccccc21)NCc1ccc2c(c1)CCN2C(=O)c1ccc(F)cc1. The van der Waals surface area contributed by atoms with E-state index in [2.05, 4.69) is 10.3 Å². The molecule has 7 heteroatoms. The molecule has 1 aliphatic heterocycles. The van der Waals surface area contributed by atoms with E-state index in [1.807, 2.05) is 47.0 Å². The molecule has 3 aromatic carbocycles. The van der Waals surface area contributed by atoms with Gasteiger partial charge in [0.05, 0.1) is 17.4 Å². The zero-order chi connectivity index (χ0) is 22.8. The number of anilines is 1. The first-order valence-corrected chi connectivity index (χ1v) is 10.9. The fourth-order valence-electron chi connectivity index (χ4n) is 4.22. The van der Waals surface area contributed by atoms with Crippen molar-refractivity contribution in [2.75, 3.05) is 11.4 Å². The topological polar surface area (TPSA) is 67.2 Å². The Labute approximate surface area is 190 Å². The van der Waals surface area contributed by atoms with E-state index < -0.39 is 0 Å². The van der Waals surface area contributed by atoms with E-state index in [9.17, 15) is 14.0 Å². The highest BCUT2D eigenvalue weighted by Crippen LogP contribution is 2.30. The Kier molecular flexibility index (Phi) is 5.60. The van der Waals surface area contributed by atoms with Gasteiger partial charge < -0.3 is 14.8 Å². The number of aromatic nitrogens is 2. The number of hydrogen-bond acceptors (Lipinski definition) is 3. The van der Waals surface area contributed by atoms with Crippen molar-refractivity contribution in [2.45, 2.75) is 25.9 Å². The number of carbonyl (C=O) groups is 2. The number of benzene rings is 3. The van der Waals surface area contributed by atoms with Gasteiger partial charge >= 0.3 is 0 Å². The summed E-state index contributed by atoms with van der Waals surface area (Å²) in [5, 5.41) is 2.98. The molecule has 2 heterocycles. The maximum atomic E-state index is 13.2. The van der Waals surface area contributed by atoms with Gasteiger partial charge in [-0.25, -0.2) is 9.37 Å². The summed E-state index contributed by atoms with van der Waals surface area (Å²) in [6, 6.07) is 19.3. The summed E-state index contributed by atoms with van der Waals surface area (Å²) in [4.78, 5) is 31.3. The van der Waals surface area contributed by atoms with Crippen molar-refractivity contribution >= 4 is 28.5 Å². The molecule has 0 aliphatic carbocycles. The van der Waals surface area contributed by atoms with Gasteiger partial charge in [-0.15, -0.1) is 0 Å². The summed E-state index contributed by atoms with van der Waals surface area (Å²) in [5.74, 6) is -0.526. The van der Waals surface area contributed by atoms with Crippen LogP contribution in [0.3, 0.4) is 0 Å². The Bertz CT molecular complexity index is 1330. The van der Waals surface area contributed by atoms with E-state index in [0.29, 0.717) is 31.6 Å². The van der Waals surface area contributed by atoms with Gasteiger partial charge in [0.2, 0.25) is 5.91 Å². The average molecular weight is 442 g/mol. The smallest absolute Gasteiger partial charge is 0.258 e. The van der Waals surface area contributed by atoms with Gasteiger partial charge in [-0.05, 0) is 60.0 Å². The fourth-order valence-corrected chi connectivity index (χ4v) is 4.22. The zero-order valence-corrected chi connectivity index (χ0v) is 18.0. The van der Waals surface area contributed by atoms with Gasteiger partial charge in [0.25, 0.3) is 5.91 Å². The Morgan fingerprint density at radius 3 is 2.70 bits per heavy atom. The van der Waals surface area contributed by atoms with Crippen LogP contribution in [-0.4, -0.2) is 27.9 Å². The van der Waals surface area contributed by atoms with E-state index in [0.717, 1.165) is 34.3 Å². The standard InChI is InChI=1S/C26H23FN4O2/c27-21-8-6-19(7-9-21)26(33)31-14-11-20-15-18(5-10-23(20)31)16-28-25(32)12-13-30-17-29-22-3-1-2-4-24(22)30/h1-10,15,17H,11-14,16H2,(H,28,32). The normalized spacial score (nSPS) is 12.7. The van der Waals surface area contributed by atoms with Crippen LogP contribution in [-0.2, 0) is 24.3 Å². The molecule has 4 aromatic rings. The van der Waals surface area contributed by atoms with Gasteiger partial charge in [-0.2, -0.15) is 0 Å².